The highest BCUT2D eigenvalue weighted by molar-refractivity contribution is 5.79. The van der Waals surface area contributed by atoms with Crippen LogP contribution in [0.2, 0.25) is 0 Å². The molecule has 1 N–H and O–H groups in total. The Morgan fingerprint density at radius 3 is 2.39 bits per heavy atom. The van der Waals surface area contributed by atoms with Gasteiger partial charge in [-0.3, -0.25) is 9.59 Å². The third-order valence-corrected chi connectivity index (χ3v) is 5.52. The van der Waals surface area contributed by atoms with E-state index >= 15 is 0 Å². The number of hydrogen-bond donors (Lipinski definition) is 1. The van der Waals surface area contributed by atoms with E-state index in [1.54, 1.807) is 24.1 Å². The van der Waals surface area contributed by atoms with Gasteiger partial charge < -0.3 is 19.9 Å². The number of pyridine rings is 1. The molecule has 0 radical (unpaired) electrons. The summed E-state index contributed by atoms with van der Waals surface area (Å²) < 4.78 is 43.5. The molecule has 1 aliphatic rings. The minimum Gasteiger partial charge on any atom is -0.497 e. The third-order valence-electron chi connectivity index (χ3n) is 5.52. The van der Waals surface area contributed by atoms with Crippen molar-refractivity contribution in [2.45, 2.75) is 32.0 Å². The quantitative estimate of drug-likeness (QED) is 0.709. The Morgan fingerprint density at radius 2 is 1.82 bits per heavy atom. The summed E-state index contributed by atoms with van der Waals surface area (Å²) in [6.45, 7) is 3.37. The fourth-order valence-corrected chi connectivity index (χ4v) is 3.77. The monoisotopic (exact) mass is 464 g/mol. The molecule has 1 aliphatic heterocycles. The SMILES string of the molecule is COc1ccc(C(CC(=O)N2CCCN(c3ccc(C(F)(F)F)cn3)CC2)NC(C)=O)cc1. The number of halogens is 3. The maximum Gasteiger partial charge on any atom is 0.417 e. The zero-order chi connectivity index (χ0) is 24.0. The number of benzene rings is 1. The van der Waals surface area contributed by atoms with Crippen molar-refractivity contribution in [3.8, 4) is 5.75 Å². The Bertz CT molecular complexity index is 949. The van der Waals surface area contributed by atoms with Crippen LogP contribution in [0.3, 0.4) is 0 Å². The zero-order valence-corrected chi connectivity index (χ0v) is 18.6. The molecule has 178 valence electrons. The highest BCUT2D eigenvalue weighted by Gasteiger charge is 2.31. The molecule has 0 spiro atoms. The minimum absolute atomic E-state index is 0.102. The highest BCUT2D eigenvalue weighted by atomic mass is 19.4. The van der Waals surface area contributed by atoms with Crippen molar-refractivity contribution in [1.29, 1.82) is 0 Å². The summed E-state index contributed by atoms with van der Waals surface area (Å²) in [7, 11) is 1.56. The molecule has 1 aromatic carbocycles. The maximum absolute atomic E-state index is 13.0. The molecule has 7 nitrogen and oxygen atoms in total. The number of amides is 2. The lowest BCUT2D eigenvalue weighted by atomic mass is 10.0. The van der Waals surface area contributed by atoms with E-state index in [-0.39, 0.29) is 18.2 Å². The van der Waals surface area contributed by atoms with Crippen LogP contribution < -0.4 is 15.0 Å². The van der Waals surface area contributed by atoms with Crippen LogP contribution in [-0.2, 0) is 15.8 Å². The first kappa shape index (κ1) is 24.3. The summed E-state index contributed by atoms with van der Waals surface area (Å²) in [6.07, 6.45) is -2.84. The average Bonchev–Trinajstić information content (AvgIpc) is 3.04. The second kappa shape index (κ2) is 10.5. The predicted molar refractivity (Wildman–Crippen MR) is 117 cm³/mol. The van der Waals surface area contributed by atoms with E-state index in [4.69, 9.17) is 4.74 Å². The molecular formula is C23H27F3N4O3. The summed E-state index contributed by atoms with van der Waals surface area (Å²) in [4.78, 5) is 32.3. The standard InChI is InChI=1S/C23H27F3N4O3/c1-16(31)28-20(17-4-7-19(33-2)8-5-17)14-22(32)30-11-3-10-29(12-13-30)21-9-6-18(15-27-21)23(24,25)26/h4-9,15,20H,3,10-14H2,1-2H3,(H,28,31). The van der Waals surface area contributed by atoms with E-state index in [0.717, 1.165) is 17.8 Å². The molecule has 10 heteroatoms. The van der Waals surface area contributed by atoms with E-state index in [1.807, 2.05) is 17.0 Å². The number of anilines is 1. The minimum atomic E-state index is -4.43. The van der Waals surface area contributed by atoms with Gasteiger partial charge in [-0.25, -0.2) is 4.98 Å². The molecular weight excluding hydrogens is 437 g/mol. The first-order valence-electron chi connectivity index (χ1n) is 10.6. The number of hydrogen-bond acceptors (Lipinski definition) is 5. The van der Waals surface area contributed by atoms with Gasteiger partial charge in [-0.15, -0.1) is 0 Å². The van der Waals surface area contributed by atoms with Gasteiger partial charge in [0.2, 0.25) is 11.8 Å². The summed E-state index contributed by atoms with van der Waals surface area (Å²) in [5.74, 6) is 0.786. The van der Waals surface area contributed by atoms with Gasteiger partial charge in [0.05, 0.1) is 25.1 Å². The number of aromatic nitrogens is 1. The van der Waals surface area contributed by atoms with Crippen LogP contribution in [0.5, 0.6) is 5.75 Å². The number of alkyl halides is 3. The number of ether oxygens (including phenoxy) is 1. The van der Waals surface area contributed by atoms with Crippen molar-refractivity contribution in [2.24, 2.45) is 0 Å². The Kier molecular flexibility index (Phi) is 7.78. The van der Waals surface area contributed by atoms with Gasteiger partial charge in [-0.2, -0.15) is 13.2 Å². The lowest BCUT2D eigenvalue weighted by Gasteiger charge is -2.25. The molecule has 2 amide bonds. The summed E-state index contributed by atoms with van der Waals surface area (Å²) in [5.41, 5.74) is 0.00479. The van der Waals surface area contributed by atoms with Gasteiger partial charge in [0.15, 0.2) is 0 Å². The Labute approximate surface area is 190 Å². The highest BCUT2D eigenvalue weighted by Crippen LogP contribution is 2.29. The maximum atomic E-state index is 13.0. The molecule has 1 unspecified atom stereocenters. The molecule has 1 aromatic heterocycles. The molecule has 3 rings (SSSR count). The summed E-state index contributed by atoms with van der Waals surface area (Å²) in [6, 6.07) is 9.07. The van der Waals surface area contributed by atoms with Crippen molar-refractivity contribution in [2.75, 3.05) is 38.2 Å². The first-order valence-corrected chi connectivity index (χ1v) is 10.6. The molecule has 0 aliphatic carbocycles. The second-order valence-corrected chi connectivity index (χ2v) is 7.85. The van der Waals surface area contributed by atoms with Crippen molar-refractivity contribution in [1.82, 2.24) is 15.2 Å². The normalized spacial score (nSPS) is 15.5. The van der Waals surface area contributed by atoms with Crippen LogP contribution in [0.1, 0.15) is 36.9 Å². The van der Waals surface area contributed by atoms with Gasteiger partial charge in [0.1, 0.15) is 11.6 Å². The molecule has 2 heterocycles. The topological polar surface area (TPSA) is 74.8 Å². The first-order chi connectivity index (χ1) is 15.7. The fraction of sp³-hybridized carbons (Fsp3) is 0.435. The van der Waals surface area contributed by atoms with Crippen LogP contribution in [-0.4, -0.2) is 55.0 Å². The van der Waals surface area contributed by atoms with Crippen molar-refractivity contribution in [3.63, 3.8) is 0 Å². The Hall–Kier alpha value is -3.30. The Balaban J connectivity index is 1.64. The lowest BCUT2D eigenvalue weighted by Crippen LogP contribution is -2.38. The van der Waals surface area contributed by atoms with Gasteiger partial charge in [-0.1, -0.05) is 12.1 Å². The van der Waals surface area contributed by atoms with E-state index in [0.29, 0.717) is 44.2 Å². The van der Waals surface area contributed by atoms with Gasteiger partial charge in [-0.05, 0) is 36.2 Å². The van der Waals surface area contributed by atoms with Crippen LogP contribution in [0.4, 0.5) is 19.0 Å². The number of rotatable bonds is 6. The molecule has 1 atom stereocenters. The molecule has 1 fully saturated rings. The van der Waals surface area contributed by atoms with E-state index in [9.17, 15) is 22.8 Å². The van der Waals surface area contributed by atoms with E-state index < -0.39 is 17.8 Å². The molecule has 33 heavy (non-hydrogen) atoms. The van der Waals surface area contributed by atoms with Gasteiger partial charge >= 0.3 is 6.18 Å². The smallest absolute Gasteiger partial charge is 0.417 e. The molecule has 0 saturated carbocycles. The van der Waals surface area contributed by atoms with Crippen LogP contribution >= 0.6 is 0 Å². The van der Waals surface area contributed by atoms with Gasteiger partial charge in [0.25, 0.3) is 0 Å². The number of methoxy groups -OCH3 is 1. The van der Waals surface area contributed by atoms with E-state index in [2.05, 4.69) is 10.3 Å². The van der Waals surface area contributed by atoms with Crippen LogP contribution in [0.15, 0.2) is 42.6 Å². The average molecular weight is 464 g/mol. The fourth-order valence-electron chi connectivity index (χ4n) is 3.77. The summed E-state index contributed by atoms with van der Waals surface area (Å²) >= 11 is 0. The van der Waals surface area contributed by atoms with Gasteiger partial charge in [0, 0.05) is 39.3 Å². The molecule has 1 saturated heterocycles. The largest absolute Gasteiger partial charge is 0.497 e. The number of carbonyl (C=O) groups excluding carboxylic acids is 2. The zero-order valence-electron chi connectivity index (χ0n) is 18.6. The van der Waals surface area contributed by atoms with E-state index in [1.165, 1.54) is 13.0 Å². The molecule has 2 aromatic rings. The third kappa shape index (κ3) is 6.59. The number of nitrogens with zero attached hydrogens (tertiary/aromatic N) is 3. The van der Waals surface area contributed by atoms with Crippen LogP contribution in [0.25, 0.3) is 0 Å². The number of carbonyl (C=O) groups is 2. The molecule has 0 bridgehead atoms. The number of nitrogens with one attached hydrogen (secondary N) is 1. The lowest BCUT2D eigenvalue weighted by molar-refractivity contribution is -0.138. The second-order valence-electron chi connectivity index (χ2n) is 7.85. The Morgan fingerprint density at radius 1 is 1.09 bits per heavy atom. The predicted octanol–water partition coefficient (Wildman–Crippen LogP) is 3.42. The summed E-state index contributed by atoms with van der Waals surface area (Å²) in [5, 5.41) is 2.83. The van der Waals surface area contributed by atoms with Crippen LogP contribution in [0, 0.1) is 0 Å². The van der Waals surface area contributed by atoms with Crippen molar-refractivity contribution < 1.29 is 27.5 Å². The van der Waals surface area contributed by atoms with Crippen molar-refractivity contribution >= 4 is 17.6 Å². The van der Waals surface area contributed by atoms with Crippen molar-refractivity contribution in [3.05, 3.63) is 53.7 Å².